The first-order valence-corrected chi connectivity index (χ1v) is 9.14. The standard InChI is InChI=1S/C20H32O3/c1-6-18(4)10-11-20(23-18)14(2)15(22)12-16-17(3,13-21)8-7-9-19(16,20)5/h6,14,16,21H,1,7-13H2,2-5H3/t14-,16-,17-,18-,19-,20+/m1/s1. The van der Waals surface area contributed by atoms with E-state index in [1.165, 1.54) is 0 Å². The molecule has 3 heteroatoms. The van der Waals surface area contributed by atoms with E-state index in [-0.39, 0.29) is 34.9 Å². The fraction of sp³-hybridized carbons (Fsp3) is 0.850. The fourth-order valence-corrected chi connectivity index (χ4v) is 6.08. The average Bonchev–Trinajstić information content (AvgIpc) is 2.89. The third kappa shape index (κ3) is 2.12. The van der Waals surface area contributed by atoms with Crippen molar-refractivity contribution in [2.24, 2.45) is 22.7 Å². The molecule has 0 radical (unpaired) electrons. The van der Waals surface area contributed by atoms with Crippen LogP contribution in [0.1, 0.15) is 66.2 Å². The Hall–Kier alpha value is -0.670. The molecule has 1 heterocycles. The molecule has 2 saturated carbocycles. The summed E-state index contributed by atoms with van der Waals surface area (Å²) >= 11 is 0. The molecule has 0 aromatic heterocycles. The number of hydrogen-bond donors (Lipinski definition) is 1. The maximum absolute atomic E-state index is 12.9. The molecule has 6 atom stereocenters. The van der Waals surface area contributed by atoms with E-state index < -0.39 is 5.60 Å². The largest absolute Gasteiger partial charge is 0.396 e. The van der Waals surface area contributed by atoms with Gasteiger partial charge in [0.1, 0.15) is 5.78 Å². The lowest BCUT2D eigenvalue weighted by atomic mass is 9.44. The summed E-state index contributed by atoms with van der Waals surface area (Å²) in [6.45, 7) is 12.7. The summed E-state index contributed by atoms with van der Waals surface area (Å²) in [6.07, 6.45) is 7.51. The number of hydrogen-bond acceptors (Lipinski definition) is 3. The third-order valence-corrected chi connectivity index (χ3v) is 7.81. The Morgan fingerprint density at radius 2 is 1.96 bits per heavy atom. The minimum atomic E-state index is -0.410. The van der Waals surface area contributed by atoms with Crippen molar-refractivity contribution in [2.45, 2.75) is 77.4 Å². The van der Waals surface area contributed by atoms with Crippen LogP contribution in [0, 0.1) is 22.7 Å². The van der Waals surface area contributed by atoms with E-state index in [0.29, 0.717) is 12.2 Å². The van der Waals surface area contributed by atoms with Gasteiger partial charge in [-0.3, -0.25) is 4.79 Å². The van der Waals surface area contributed by atoms with E-state index in [9.17, 15) is 9.90 Å². The molecule has 1 aliphatic heterocycles. The summed E-state index contributed by atoms with van der Waals surface area (Å²) in [5, 5.41) is 10.1. The summed E-state index contributed by atoms with van der Waals surface area (Å²) in [6, 6.07) is 0. The summed E-state index contributed by atoms with van der Waals surface area (Å²) in [7, 11) is 0. The molecule has 3 nitrogen and oxygen atoms in total. The molecule has 3 aliphatic rings. The number of rotatable bonds is 2. The Kier molecular flexibility index (Phi) is 3.85. The van der Waals surface area contributed by atoms with Crippen molar-refractivity contribution in [3.8, 4) is 0 Å². The molecule has 2 aliphatic carbocycles. The van der Waals surface area contributed by atoms with Gasteiger partial charge in [0.15, 0.2) is 0 Å². The molecule has 130 valence electrons. The Morgan fingerprint density at radius 3 is 2.52 bits per heavy atom. The van der Waals surface area contributed by atoms with Gasteiger partial charge in [0, 0.05) is 24.4 Å². The Morgan fingerprint density at radius 1 is 1.26 bits per heavy atom. The molecule has 1 saturated heterocycles. The van der Waals surface area contributed by atoms with Crippen molar-refractivity contribution >= 4 is 5.78 Å². The molecule has 1 N–H and O–H groups in total. The maximum Gasteiger partial charge on any atom is 0.138 e. The summed E-state index contributed by atoms with van der Waals surface area (Å²) < 4.78 is 6.70. The Labute approximate surface area is 140 Å². The lowest BCUT2D eigenvalue weighted by Crippen LogP contribution is -2.66. The van der Waals surface area contributed by atoms with Crippen molar-refractivity contribution in [1.82, 2.24) is 0 Å². The van der Waals surface area contributed by atoms with E-state index in [1.54, 1.807) is 0 Å². The predicted octanol–water partition coefficient (Wildman–Crippen LogP) is 3.89. The molecule has 3 rings (SSSR count). The monoisotopic (exact) mass is 320 g/mol. The number of carbonyl (C=O) groups is 1. The fourth-order valence-electron chi connectivity index (χ4n) is 6.08. The van der Waals surface area contributed by atoms with Gasteiger partial charge in [-0.25, -0.2) is 0 Å². The van der Waals surface area contributed by atoms with Crippen LogP contribution in [0.5, 0.6) is 0 Å². The van der Waals surface area contributed by atoms with Crippen LogP contribution < -0.4 is 0 Å². The van der Waals surface area contributed by atoms with Gasteiger partial charge in [-0.05, 0) is 43.9 Å². The highest BCUT2D eigenvalue weighted by Crippen LogP contribution is 2.66. The second-order valence-electron chi connectivity index (χ2n) is 9.04. The average molecular weight is 320 g/mol. The molecule has 0 aromatic rings. The normalized spacial score (nSPS) is 53.3. The number of aliphatic hydroxyl groups excluding tert-OH is 1. The zero-order valence-corrected chi connectivity index (χ0v) is 15.2. The first-order chi connectivity index (χ1) is 10.7. The van der Waals surface area contributed by atoms with Gasteiger partial charge < -0.3 is 9.84 Å². The van der Waals surface area contributed by atoms with Crippen molar-refractivity contribution in [1.29, 1.82) is 0 Å². The highest BCUT2D eigenvalue weighted by atomic mass is 16.5. The smallest absolute Gasteiger partial charge is 0.138 e. The highest BCUT2D eigenvalue weighted by Gasteiger charge is 2.68. The van der Waals surface area contributed by atoms with Crippen LogP contribution >= 0.6 is 0 Å². The van der Waals surface area contributed by atoms with E-state index in [0.717, 1.165) is 32.1 Å². The number of carbonyl (C=O) groups excluding carboxylic acids is 1. The number of Topliss-reactive ketones (excluding diaryl/α,β-unsaturated/α-hetero) is 1. The molecule has 0 aromatic carbocycles. The van der Waals surface area contributed by atoms with Gasteiger partial charge in [0.2, 0.25) is 0 Å². The zero-order valence-electron chi connectivity index (χ0n) is 15.2. The maximum atomic E-state index is 12.9. The summed E-state index contributed by atoms with van der Waals surface area (Å²) in [5.41, 5.74) is -0.984. The lowest BCUT2D eigenvalue weighted by molar-refractivity contribution is -0.235. The highest BCUT2D eigenvalue weighted by molar-refractivity contribution is 5.84. The van der Waals surface area contributed by atoms with Gasteiger partial charge in [-0.2, -0.15) is 0 Å². The molecular weight excluding hydrogens is 288 g/mol. The summed E-state index contributed by atoms with van der Waals surface area (Å²) in [4.78, 5) is 12.9. The summed E-state index contributed by atoms with van der Waals surface area (Å²) in [5.74, 6) is 0.429. The lowest BCUT2D eigenvalue weighted by Gasteiger charge is -2.63. The van der Waals surface area contributed by atoms with E-state index in [2.05, 4.69) is 34.3 Å². The van der Waals surface area contributed by atoms with Crippen molar-refractivity contribution in [2.75, 3.05) is 6.61 Å². The number of ketones is 1. The topological polar surface area (TPSA) is 46.5 Å². The molecule has 3 fully saturated rings. The van der Waals surface area contributed by atoms with Crippen LogP contribution in [0.3, 0.4) is 0 Å². The van der Waals surface area contributed by atoms with Crippen molar-refractivity contribution in [3.05, 3.63) is 12.7 Å². The molecule has 0 amide bonds. The minimum Gasteiger partial charge on any atom is -0.396 e. The van der Waals surface area contributed by atoms with Gasteiger partial charge in [0.25, 0.3) is 0 Å². The molecule has 0 unspecified atom stereocenters. The van der Waals surface area contributed by atoms with E-state index in [4.69, 9.17) is 4.74 Å². The molecule has 1 spiro atoms. The number of ether oxygens (including phenoxy) is 1. The SMILES string of the molecule is C=C[C@]1(C)CC[C@]2(O1)[C@H](C)C(=O)C[C@@H]1[C@@](C)(CO)CCC[C@]12C. The van der Waals surface area contributed by atoms with E-state index >= 15 is 0 Å². The van der Waals surface area contributed by atoms with E-state index in [1.807, 2.05) is 6.08 Å². The van der Waals surface area contributed by atoms with Gasteiger partial charge in [-0.1, -0.05) is 33.3 Å². The number of fused-ring (bicyclic) bond motifs is 2. The Balaban J connectivity index is 2.10. The molecule has 23 heavy (non-hydrogen) atoms. The predicted molar refractivity (Wildman–Crippen MR) is 91.1 cm³/mol. The second kappa shape index (κ2) is 5.16. The van der Waals surface area contributed by atoms with Gasteiger partial charge >= 0.3 is 0 Å². The van der Waals surface area contributed by atoms with Crippen LogP contribution in [0.2, 0.25) is 0 Å². The van der Waals surface area contributed by atoms with Crippen LogP contribution in [0.4, 0.5) is 0 Å². The third-order valence-electron chi connectivity index (χ3n) is 7.81. The van der Waals surface area contributed by atoms with Gasteiger partial charge in [-0.15, -0.1) is 6.58 Å². The second-order valence-corrected chi connectivity index (χ2v) is 9.04. The molecular formula is C20H32O3. The quantitative estimate of drug-likeness (QED) is 0.785. The van der Waals surface area contributed by atoms with Crippen LogP contribution in [0.15, 0.2) is 12.7 Å². The minimum absolute atomic E-state index is 0.0587. The van der Waals surface area contributed by atoms with Crippen molar-refractivity contribution in [3.63, 3.8) is 0 Å². The first-order valence-electron chi connectivity index (χ1n) is 9.14. The Bertz CT molecular complexity index is 529. The molecule has 0 bridgehead atoms. The van der Waals surface area contributed by atoms with Crippen molar-refractivity contribution < 1.29 is 14.6 Å². The van der Waals surface area contributed by atoms with Crippen LogP contribution in [0.25, 0.3) is 0 Å². The first kappa shape index (κ1) is 17.2. The van der Waals surface area contributed by atoms with Gasteiger partial charge in [0.05, 0.1) is 11.2 Å². The van der Waals surface area contributed by atoms with Crippen LogP contribution in [-0.4, -0.2) is 28.7 Å². The number of aliphatic hydroxyl groups is 1. The zero-order chi connectivity index (χ0) is 17.1. The van der Waals surface area contributed by atoms with Crippen LogP contribution in [-0.2, 0) is 9.53 Å².